The maximum Gasteiger partial charge on any atom is 0.453 e. The lowest BCUT2D eigenvalue weighted by molar-refractivity contribution is -0.388. The molecule has 0 aromatic heterocycles. The minimum atomic E-state index is -5.62. The Morgan fingerprint density at radius 1 is 0.864 bits per heavy atom. The Labute approximate surface area is 250 Å². The molecule has 1 saturated carbocycles. The van der Waals surface area contributed by atoms with Crippen LogP contribution in [0.3, 0.4) is 0 Å². The molecule has 1 atom stereocenters. The average molecular weight is 664 g/mol. The van der Waals surface area contributed by atoms with E-state index in [0.717, 1.165) is 25.3 Å². The van der Waals surface area contributed by atoms with E-state index in [0.29, 0.717) is 62.0 Å². The molecular weight excluding hydrogens is 630 g/mol. The molecule has 1 unspecified atom stereocenters. The predicted octanol–water partition coefficient (Wildman–Crippen LogP) is 7.76. The summed E-state index contributed by atoms with van der Waals surface area (Å²) >= 11 is 0. The van der Waals surface area contributed by atoms with Gasteiger partial charge >= 0.3 is 24.3 Å². The number of urea groups is 1. The number of nitro benzene ring substituents is 1. The molecule has 2 fully saturated rings. The van der Waals surface area contributed by atoms with Gasteiger partial charge in [-0.3, -0.25) is 19.1 Å². The Kier molecular flexibility index (Phi) is 11.4. The molecular formula is C27H33F8N3O5S. The van der Waals surface area contributed by atoms with Crippen molar-refractivity contribution in [3.05, 3.63) is 33.9 Å². The number of nitro groups is 1. The van der Waals surface area contributed by atoms with Crippen LogP contribution in [-0.2, 0) is 21.8 Å². The largest absolute Gasteiger partial charge is 0.453 e. The second kappa shape index (κ2) is 14.1. The van der Waals surface area contributed by atoms with Gasteiger partial charge < -0.3 is 4.90 Å². The van der Waals surface area contributed by atoms with Crippen molar-refractivity contribution >= 4 is 34.1 Å². The van der Waals surface area contributed by atoms with Crippen LogP contribution in [0.5, 0.6) is 0 Å². The molecule has 3 rings (SSSR count). The third-order valence-electron chi connectivity index (χ3n) is 7.99. The molecule has 1 spiro atoms. The van der Waals surface area contributed by atoms with Gasteiger partial charge in [0.2, 0.25) is 0 Å². The highest BCUT2D eigenvalue weighted by atomic mass is 32.2. The quantitative estimate of drug-likeness (QED) is 0.0592. The molecule has 3 amide bonds. The van der Waals surface area contributed by atoms with Crippen LogP contribution < -0.4 is 4.90 Å². The third kappa shape index (κ3) is 8.05. The van der Waals surface area contributed by atoms with E-state index in [2.05, 4.69) is 0 Å². The van der Waals surface area contributed by atoms with Crippen LogP contribution >= 0.6 is 0 Å². The number of hydrogen-bond donors (Lipinski definition) is 0. The van der Waals surface area contributed by atoms with E-state index >= 15 is 0 Å². The Hall–Kier alpha value is -2.85. The zero-order chi connectivity index (χ0) is 32.9. The Balaban J connectivity index is 1.42. The van der Waals surface area contributed by atoms with E-state index in [1.807, 2.05) is 0 Å². The zero-order valence-corrected chi connectivity index (χ0v) is 24.5. The first kappa shape index (κ1) is 35.6. The number of halogens is 8. The minimum Gasteiger partial charge on any atom is -0.309 e. The van der Waals surface area contributed by atoms with Crippen LogP contribution in [0.1, 0.15) is 82.6 Å². The molecule has 1 heterocycles. The van der Waals surface area contributed by atoms with Crippen LogP contribution in [0, 0.1) is 10.1 Å². The number of imide groups is 1. The van der Waals surface area contributed by atoms with E-state index in [1.54, 1.807) is 0 Å². The Morgan fingerprint density at radius 3 is 1.95 bits per heavy atom. The van der Waals surface area contributed by atoms with Gasteiger partial charge in [0, 0.05) is 41.3 Å². The predicted molar refractivity (Wildman–Crippen MR) is 145 cm³/mol. The molecule has 1 aromatic rings. The van der Waals surface area contributed by atoms with Crippen molar-refractivity contribution in [2.75, 3.05) is 23.0 Å². The second-order valence-electron chi connectivity index (χ2n) is 11.0. The topological polar surface area (TPSA) is 101 Å². The smallest absolute Gasteiger partial charge is 0.309 e. The highest BCUT2D eigenvalue weighted by molar-refractivity contribution is 7.84. The molecule has 17 heteroatoms. The molecule has 8 nitrogen and oxygen atoms in total. The van der Waals surface area contributed by atoms with Gasteiger partial charge in [0.1, 0.15) is 11.1 Å². The minimum absolute atomic E-state index is 0.201. The van der Waals surface area contributed by atoms with Crippen LogP contribution in [0.4, 0.5) is 51.3 Å². The van der Waals surface area contributed by atoms with Crippen molar-refractivity contribution < 1.29 is 53.8 Å². The molecule has 1 aromatic carbocycles. The number of alkyl halides is 8. The number of anilines is 1. The first-order valence-electron chi connectivity index (χ1n) is 14.2. The van der Waals surface area contributed by atoms with Gasteiger partial charge in [-0.25, -0.2) is 9.69 Å². The van der Waals surface area contributed by atoms with Crippen LogP contribution in [0.25, 0.3) is 0 Å². The highest BCUT2D eigenvalue weighted by Crippen LogP contribution is 2.47. The summed E-state index contributed by atoms with van der Waals surface area (Å²) in [6.45, 7) is 0.201. The summed E-state index contributed by atoms with van der Waals surface area (Å²) in [5.41, 5.74) is -4.27. The number of amides is 3. The molecule has 0 bridgehead atoms. The summed E-state index contributed by atoms with van der Waals surface area (Å²) in [6, 6.07) is 1.27. The monoisotopic (exact) mass is 663 g/mol. The van der Waals surface area contributed by atoms with Crippen molar-refractivity contribution in [1.82, 2.24) is 4.90 Å². The lowest BCUT2D eigenvalue weighted by atomic mass is 9.75. The standard InChI is InChI=1S/C27H33F8N3O5S/c28-25(29,27(33,34)35)14-9-17-44(43)16-7-5-3-1-2-4-6-15-36-23(40)37(22(39)24(36)12-8-13-24)19-10-11-21(38(41)42)20(18-19)26(30,31)32/h10-11,18H,1-9,12-17H2. The average Bonchev–Trinajstić information content (AvgIpc) is 3.11. The third-order valence-corrected chi connectivity index (χ3v) is 9.48. The van der Waals surface area contributed by atoms with Crippen LogP contribution in [-0.4, -0.2) is 61.7 Å². The molecule has 1 aliphatic carbocycles. The summed E-state index contributed by atoms with van der Waals surface area (Å²) in [4.78, 5) is 38.5. The molecule has 248 valence electrons. The first-order valence-corrected chi connectivity index (χ1v) is 15.7. The fraction of sp³-hybridized carbons (Fsp3) is 0.704. The van der Waals surface area contributed by atoms with Crippen molar-refractivity contribution in [2.24, 2.45) is 0 Å². The van der Waals surface area contributed by atoms with Crippen LogP contribution in [0.15, 0.2) is 18.2 Å². The lowest BCUT2D eigenvalue weighted by Gasteiger charge is -2.42. The van der Waals surface area contributed by atoms with Gasteiger partial charge in [-0.2, -0.15) is 35.1 Å². The number of carbonyl (C=O) groups excluding carboxylic acids is 2. The van der Waals surface area contributed by atoms with Crippen molar-refractivity contribution in [2.45, 2.75) is 101 Å². The van der Waals surface area contributed by atoms with E-state index in [4.69, 9.17) is 0 Å². The van der Waals surface area contributed by atoms with Crippen LogP contribution in [0.2, 0.25) is 0 Å². The van der Waals surface area contributed by atoms with Gasteiger partial charge in [0.15, 0.2) is 0 Å². The second-order valence-corrected chi connectivity index (χ2v) is 12.7. The van der Waals surface area contributed by atoms with Gasteiger partial charge in [0.25, 0.3) is 11.6 Å². The number of hydrogen-bond acceptors (Lipinski definition) is 5. The molecule has 1 aliphatic heterocycles. The number of rotatable bonds is 16. The summed E-state index contributed by atoms with van der Waals surface area (Å²) < 4.78 is 115. The van der Waals surface area contributed by atoms with Gasteiger partial charge in [-0.15, -0.1) is 0 Å². The number of nitrogens with zero attached hydrogens (tertiary/aromatic N) is 3. The number of benzene rings is 1. The maximum absolute atomic E-state index is 13.5. The van der Waals surface area contributed by atoms with Gasteiger partial charge in [-0.05, 0) is 50.7 Å². The molecule has 1 saturated heterocycles. The first-order chi connectivity index (χ1) is 20.4. The summed E-state index contributed by atoms with van der Waals surface area (Å²) in [6.07, 6.45) is -6.45. The molecule has 0 N–H and O–H groups in total. The summed E-state index contributed by atoms with van der Waals surface area (Å²) in [5.74, 6) is -5.46. The van der Waals surface area contributed by atoms with Gasteiger partial charge in [-0.1, -0.05) is 32.1 Å². The van der Waals surface area contributed by atoms with E-state index in [-0.39, 0.29) is 23.7 Å². The van der Waals surface area contributed by atoms with Gasteiger partial charge in [0.05, 0.1) is 10.6 Å². The number of unbranched alkanes of at least 4 members (excludes halogenated alkanes) is 6. The SMILES string of the molecule is O=C1N(c2ccc([N+](=O)[O-])c(C(F)(F)F)c2)C(=O)C2(CCC2)N1CCCCCCCCCS(=O)CCCC(F)(F)C(F)(F)F. The zero-order valence-electron chi connectivity index (χ0n) is 23.7. The number of carbonyl (C=O) groups is 2. The summed E-state index contributed by atoms with van der Waals surface area (Å²) in [5, 5.41) is 11.1. The van der Waals surface area contributed by atoms with Crippen molar-refractivity contribution in [1.29, 1.82) is 0 Å². The van der Waals surface area contributed by atoms with E-state index < -0.39 is 75.6 Å². The normalized spacial score (nSPS) is 17.8. The van der Waals surface area contributed by atoms with E-state index in [9.17, 15) is 59.0 Å². The summed E-state index contributed by atoms with van der Waals surface area (Å²) in [7, 11) is -1.48. The fourth-order valence-corrected chi connectivity index (χ4v) is 6.61. The lowest BCUT2D eigenvalue weighted by Crippen LogP contribution is -2.55. The fourth-order valence-electron chi connectivity index (χ4n) is 5.41. The molecule has 0 radical (unpaired) electrons. The van der Waals surface area contributed by atoms with E-state index in [1.165, 1.54) is 4.90 Å². The molecule has 2 aliphatic rings. The van der Waals surface area contributed by atoms with Crippen molar-refractivity contribution in [3.8, 4) is 0 Å². The molecule has 44 heavy (non-hydrogen) atoms. The Morgan fingerprint density at radius 2 is 1.43 bits per heavy atom. The maximum atomic E-state index is 13.5. The highest BCUT2D eigenvalue weighted by Gasteiger charge is 2.60. The Bertz CT molecular complexity index is 1240. The van der Waals surface area contributed by atoms with Crippen molar-refractivity contribution in [3.63, 3.8) is 0 Å².